The van der Waals surface area contributed by atoms with Crippen molar-refractivity contribution in [2.24, 2.45) is 0 Å². The lowest BCUT2D eigenvalue weighted by molar-refractivity contribution is -0.141. The third-order valence-corrected chi connectivity index (χ3v) is 4.76. The van der Waals surface area contributed by atoms with Crippen molar-refractivity contribution >= 4 is 11.8 Å². The summed E-state index contributed by atoms with van der Waals surface area (Å²) >= 11 is 0. The SMILES string of the molecule is CC[C@@H](C(=O)NC(C)C)N(Cc1ccc(C)cc1)C(=O)CCc1ccccc1. The Morgan fingerprint density at radius 1 is 0.964 bits per heavy atom. The number of nitrogens with one attached hydrogen (secondary N) is 1. The smallest absolute Gasteiger partial charge is 0.243 e. The van der Waals surface area contributed by atoms with Gasteiger partial charge in [-0.2, -0.15) is 0 Å². The van der Waals surface area contributed by atoms with E-state index in [1.807, 2.05) is 82.3 Å². The summed E-state index contributed by atoms with van der Waals surface area (Å²) in [4.78, 5) is 27.6. The van der Waals surface area contributed by atoms with Crippen molar-refractivity contribution < 1.29 is 9.59 Å². The van der Waals surface area contributed by atoms with E-state index in [4.69, 9.17) is 0 Å². The molecule has 0 saturated carbocycles. The van der Waals surface area contributed by atoms with Gasteiger partial charge in [0.2, 0.25) is 11.8 Å². The van der Waals surface area contributed by atoms with Gasteiger partial charge in [-0.15, -0.1) is 0 Å². The lowest BCUT2D eigenvalue weighted by atomic mass is 10.1. The van der Waals surface area contributed by atoms with Gasteiger partial charge in [-0.05, 0) is 44.7 Å². The van der Waals surface area contributed by atoms with Crippen molar-refractivity contribution in [1.29, 1.82) is 0 Å². The van der Waals surface area contributed by atoms with Gasteiger partial charge in [-0.3, -0.25) is 9.59 Å². The number of aryl methyl sites for hydroxylation is 2. The Kier molecular flexibility index (Phi) is 8.24. The highest BCUT2D eigenvalue weighted by molar-refractivity contribution is 5.87. The standard InChI is InChI=1S/C24H32N2O2/c1-5-22(24(28)25-18(2)3)26(17-21-13-11-19(4)12-14-21)23(27)16-15-20-9-7-6-8-10-20/h6-14,18,22H,5,15-17H2,1-4H3,(H,25,28)/t22-/m0/s1. The van der Waals surface area contributed by atoms with E-state index in [0.717, 1.165) is 11.1 Å². The van der Waals surface area contributed by atoms with Gasteiger partial charge in [-0.1, -0.05) is 67.1 Å². The Labute approximate surface area is 169 Å². The van der Waals surface area contributed by atoms with E-state index in [2.05, 4.69) is 5.32 Å². The molecule has 1 atom stereocenters. The van der Waals surface area contributed by atoms with E-state index in [0.29, 0.717) is 25.8 Å². The van der Waals surface area contributed by atoms with Gasteiger partial charge in [0.05, 0.1) is 0 Å². The van der Waals surface area contributed by atoms with Crippen LogP contribution in [0.4, 0.5) is 0 Å². The van der Waals surface area contributed by atoms with Gasteiger partial charge in [0.15, 0.2) is 0 Å². The van der Waals surface area contributed by atoms with Crippen LogP contribution in [0.15, 0.2) is 54.6 Å². The molecule has 4 nitrogen and oxygen atoms in total. The van der Waals surface area contributed by atoms with Gasteiger partial charge < -0.3 is 10.2 Å². The Balaban J connectivity index is 2.18. The van der Waals surface area contributed by atoms with Crippen LogP contribution < -0.4 is 5.32 Å². The van der Waals surface area contributed by atoms with Crippen LogP contribution in [-0.4, -0.2) is 28.8 Å². The molecule has 0 aliphatic rings. The maximum atomic E-state index is 13.1. The van der Waals surface area contributed by atoms with E-state index < -0.39 is 6.04 Å². The molecule has 0 aliphatic carbocycles. The Bertz CT molecular complexity index is 754. The molecular weight excluding hydrogens is 348 g/mol. The van der Waals surface area contributed by atoms with Crippen LogP contribution in [0, 0.1) is 6.92 Å². The fourth-order valence-electron chi connectivity index (χ4n) is 3.23. The summed E-state index contributed by atoms with van der Waals surface area (Å²) in [5.74, 6) is -0.0761. The summed E-state index contributed by atoms with van der Waals surface area (Å²) in [6.45, 7) is 8.31. The van der Waals surface area contributed by atoms with Crippen molar-refractivity contribution in [2.45, 2.75) is 65.6 Å². The second kappa shape index (κ2) is 10.6. The second-order valence-corrected chi connectivity index (χ2v) is 7.58. The van der Waals surface area contributed by atoms with Gasteiger partial charge in [-0.25, -0.2) is 0 Å². The third-order valence-electron chi connectivity index (χ3n) is 4.76. The maximum Gasteiger partial charge on any atom is 0.243 e. The van der Waals surface area contributed by atoms with Crippen LogP contribution in [0.5, 0.6) is 0 Å². The fraction of sp³-hybridized carbons (Fsp3) is 0.417. The predicted octanol–water partition coefficient (Wildman–Crippen LogP) is 4.26. The molecule has 2 rings (SSSR count). The Hall–Kier alpha value is -2.62. The average Bonchev–Trinajstić information content (AvgIpc) is 2.67. The number of carbonyl (C=O) groups is 2. The quantitative estimate of drug-likeness (QED) is 0.707. The number of benzene rings is 2. The number of rotatable bonds is 9. The van der Waals surface area contributed by atoms with E-state index in [9.17, 15) is 9.59 Å². The molecule has 0 heterocycles. The third kappa shape index (κ3) is 6.52. The first kappa shape index (κ1) is 21.7. The molecular formula is C24H32N2O2. The zero-order chi connectivity index (χ0) is 20.5. The van der Waals surface area contributed by atoms with Crippen molar-refractivity contribution in [3.05, 3.63) is 71.3 Å². The molecule has 0 spiro atoms. The molecule has 4 heteroatoms. The Morgan fingerprint density at radius 2 is 1.61 bits per heavy atom. The average molecular weight is 381 g/mol. The summed E-state index contributed by atoms with van der Waals surface area (Å²) in [6, 6.07) is 17.7. The van der Waals surface area contributed by atoms with Crippen LogP contribution >= 0.6 is 0 Å². The molecule has 0 radical (unpaired) electrons. The summed E-state index contributed by atoms with van der Waals surface area (Å²) in [6.07, 6.45) is 1.65. The highest BCUT2D eigenvalue weighted by atomic mass is 16.2. The van der Waals surface area contributed by atoms with Crippen molar-refractivity contribution in [1.82, 2.24) is 10.2 Å². The molecule has 0 unspecified atom stereocenters. The first-order valence-corrected chi connectivity index (χ1v) is 10.1. The minimum absolute atomic E-state index is 0.00943. The molecule has 0 aliphatic heterocycles. The first-order chi connectivity index (χ1) is 13.4. The highest BCUT2D eigenvalue weighted by Crippen LogP contribution is 2.16. The molecule has 0 fully saturated rings. The molecule has 2 aromatic rings. The molecule has 150 valence electrons. The van der Waals surface area contributed by atoms with E-state index >= 15 is 0 Å². The lowest BCUT2D eigenvalue weighted by Gasteiger charge is -2.31. The van der Waals surface area contributed by atoms with E-state index in [-0.39, 0.29) is 17.9 Å². The second-order valence-electron chi connectivity index (χ2n) is 7.58. The van der Waals surface area contributed by atoms with Crippen molar-refractivity contribution in [3.8, 4) is 0 Å². The summed E-state index contributed by atoms with van der Waals surface area (Å²) in [5.41, 5.74) is 3.34. The number of hydrogen-bond donors (Lipinski definition) is 1. The number of hydrogen-bond acceptors (Lipinski definition) is 2. The number of amides is 2. The summed E-state index contributed by atoms with van der Waals surface area (Å²) < 4.78 is 0. The molecule has 2 amide bonds. The Morgan fingerprint density at radius 3 is 2.18 bits per heavy atom. The molecule has 0 aromatic heterocycles. The van der Waals surface area contributed by atoms with Crippen LogP contribution in [0.25, 0.3) is 0 Å². The maximum absolute atomic E-state index is 13.1. The molecule has 0 bridgehead atoms. The topological polar surface area (TPSA) is 49.4 Å². The highest BCUT2D eigenvalue weighted by Gasteiger charge is 2.28. The molecule has 1 N–H and O–H groups in total. The molecule has 0 saturated heterocycles. The van der Waals surface area contributed by atoms with Crippen LogP contribution in [-0.2, 0) is 22.6 Å². The monoisotopic (exact) mass is 380 g/mol. The van der Waals surface area contributed by atoms with Crippen LogP contribution in [0.3, 0.4) is 0 Å². The molecule has 28 heavy (non-hydrogen) atoms. The fourth-order valence-corrected chi connectivity index (χ4v) is 3.23. The summed E-state index contributed by atoms with van der Waals surface area (Å²) in [7, 11) is 0. The van der Waals surface area contributed by atoms with Gasteiger partial charge in [0.1, 0.15) is 6.04 Å². The van der Waals surface area contributed by atoms with Gasteiger partial charge in [0.25, 0.3) is 0 Å². The molecule has 2 aromatic carbocycles. The zero-order valence-corrected chi connectivity index (χ0v) is 17.4. The van der Waals surface area contributed by atoms with Gasteiger partial charge in [0, 0.05) is 19.0 Å². The largest absolute Gasteiger partial charge is 0.352 e. The predicted molar refractivity (Wildman–Crippen MR) is 114 cm³/mol. The van der Waals surface area contributed by atoms with E-state index in [1.54, 1.807) is 4.90 Å². The van der Waals surface area contributed by atoms with Crippen molar-refractivity contribution in [3.63, 3.8) is 0 Å². The summed E-state index contributed by atoms with van der Waals surface area (Å²) in [5, 5.41) is 2.96. The minimum Gasteiger partial charge on any atom is -0.352 e. The normalized spacial score (nSPS) is 11.9. The minimum atomic E-state index is -0.466. The van der Waals surface area contributed by atoms with Crippen LogP contribution in [0.1, 0.15) is 50.3 Å². The van der Waals surface area contributed by atoms with Crippen LogP contribution in [0.2, 0.25) is 0 Å². The lowest BCUT2D eigenvalue weighted by Crippen LogP contribution is -2.50. The van der Waals surface area contributed by atoms with E-state index in [1.165, 1.54) is 5.56 Å². The van der Waals surface area contributed by atoms with Gasteiger partial charge >= 0.3 is 0 Å². The number of carbonyl (C=O) groups excluding carboxylic acids is 2. The first-order valence-electron chi connectivity index (χ1n) is 10.1. The number of nitrogens with zero attached hydrogens (tertiary/aromatic N) is 1. The van der Waals surface area contributed by atoms with Crippen molar-refractivity contribution in [2.75, 3.05) is 0 Å². The zero-order valence-electron chi connectivity index (χ0n) is 17.4.